The van der Waals surface area contributed by atoms with Crippen LogP contribution in [0.25, 0.3) is 11.0 Å². The molecule has 3 aromatic rings. The van der Waals surface area contributed by atoms with E-state index in [0.29, 0.717) is 0 Å². The third-order valence-electron chi connectivity index (χ3n) is 3.29. The maximum Gasteiger partial charge on any atom is 0.161 e. The average molecular weight is 279 g/mol. The molecule has 21 heavy (non-hydrogen) atoms. The highest BCUT2D eigenvalue weighted by Gasteiger charge is 2.06. The molecule has 4 heteroatoms. The van der Waals surface area contributed by atoms with E-state index in [0.717, 1.165) is 39.5 Å². The van der Waals surface area contributed by atoms with Gasteiger partial charge in [0.1, 0.15) is 5.75 Å². The molecule has 0 aliphatic heterocycles. The van der Waals surface area contributed by atoms with Crippen molar-refractivity contribution < 1.29 is 4.74 Å². The van der Waals surface area contributed by atoms with Gasteiger partial charge in [-0.1, -0.05) is 6.07 Å². The first-order valence-electron chi connectivity index (χ1n) is 6.82. The highest BCUT2D eigenvalue weighted by atomic mass is 16.5. The van der Waals surface area contributed by atoms with Crippen molar-refractivity contribution >= 4 is 22.4 Å². The summed E-state index contributed by atoms with van der Waals surface area (Å²) in [6.07, 6.45) is 0. The van der Waals surface area contributed by atoms with Gasteiger partial charge in [0.05, 0.1) is 12.8 Å². The summed E-state index contributed by atoms with van der Waals surface area (Å²) < 4.78 is 5.25. The highest BCUT2D eigenvalue weighted by molar-refractivity contribution is 5.91. The van der Waals surface area contributed by atoms with Crippen molar-refractivity contribution in [3.63, 3.8) is 0 Å². The van der Waals surface area contributed by atoms with E-state index in [1.54, 1.807) is 7.11 Å². The van der Waals surface area contributed by atoms with Crippen LogP contribution in [0.3, 0.4) is 0 Å². The number of nitrogens with zero attached hydrogens (tertiary/aromatic N) is 2. The Morgan fingerprint density at radius 1 is 0.952 bits per heavy atom. The Morgan fingerprint density at radius 3 is 2.57 bits per heavy atom. The molecule has 0 atom stereocenters. The summed E-state index contributed by atoms with van der Waals surface area (Å²) in [7, 11) is 1.66. The van der Waals surface area contributed by atoms with Crippen LogP contribution in [0.1, 0.15) is 11.4 Å². The molecule has 106 valence electrons. The van der Waals surface area contributed by atoms with E-state index in [9.17, 15) is 0 Å². The minimum Gasteiger partial charge on any atom is -0.497 e. The summed E-state index contributed by atoms with van der Waals surface area (Å²) in [5, 5.41) is 4.43. The maximum atomic E-state index is 5.25. The van der Waals surface area contributed by atoms with Gasteiger partial charge in [0.25, 0.3) is 0 Å². The summed E-state index contributed by atoms with van der Waals surface area (Å²) in [6.45, 7) is 3.94. The number of fused-ring (bicyclic) bond motifs is 1. The van der Waals surface area contributed by atoms with Crippen molar-refractivity contribution in [2.45, 2.75) is 13.8 Å². The van der Waals surface area contributed by atoms with Crippen molar-refractivity contribution in [2.24, 2.45) is 0 Å². The van der Waals surface area contributed by atoms with Crippen molar-refractivity contribution in [3.8, 4) is 5.75 Å². The van der Waals surface area contributed by atoms with Crippen LogP contribution in [0.15, 0.2) is 42.5 Å². The zero-order valence-corrected chi connectivity index (χ0v) is 12.3. The first kappa shape index (κ1) is 13.4. The van der Waals surface area contributed by atoms with Crippen molar-refractivity contribution in [1.29, 1.82) is 0 Å². The zero-order valence-electron chi connectivity index (χ0n) is 12.3. The van der Waals surface area contributed by atoms with Gasteiger partial charge in [0.15, 0.2) is 5.65 Å². The van der Waals surface area contributed by atoms with Gasteiger partial charge in [-0.05, 0) is 44.2 Å². The summed E-state index contributed by atoms with van der Waals surface area (Å²) in [4.78, 5) is 8.99. The molecule has 0 bridgehead atoms. The number of rotatable bonds is 3. The Bertz CT molecular complexity index is 794. The standard InChI is InChI=1S/C17H17N3O/c1-11-7-8-15-16(9-12(2)19-17(15)18-11)20-13-5-4-6-14(10-13)21-3/h4-10H,1-3H3,(H,18,19,20). The number of benzene rings is 1. The van der Waals surface area contributed by atoms with E-state index in [2.05, 4.69) is 15.3 Å². The van der Waals surface area contributed by atoms with Crippen LogP contribution >= 0.6 is 0 Å². The molecule has 0 unspecified atom stereocenters. The molecule has 0 saturated heterocycles. The summed E-state index contributed by atoms with van der Waals surface area (Å²) in [6, 6.07) is 13.9. The number of aromatic nitrogens is 2. The second-order valence-electron chi connectivity index (χ2n) is 4.99. The van der Waals surface area contributed by atoms with Crippen LogP contribution in [-0.4, -0.2) is 17.1 Å². The lowest BCUT2D eigenvalue weighted by molar-refractivity contribution is 0.415. The molecule has 2 heterocycles. The molecule has 1 N–H and O–H groups in total. The molecule has 0 spiro atoms. The monoisotopic (exact) mass is 279 g/mol. The molecule has 1 aromatic carbocycles. The average Bonchev–Trinajstić information content (AvgIpc) is 2.46. The number of aryl methyl sites for hydroxylation is 2. The maximum absolute atomic E-state index is 5.25. The lowest BCUT2D eigenvalue weighted by Crippen LogP contribution is -1.97. The van der Waals surface area contributed by atoms with Crippen LogP contribution in [0, 0.1) is 13.8 Å². The summed E-state index contributed by atoms with van der Waals surface area (Å²) >= 11 is 0. The number of ether oxygens (including phenoxy) is 1. The van der Waals surface area contributed by atoms with E-state index in [1.807, 2.05) is 56.3 Å². The second-order valence-corrected chi connectivity index (χ2v) is 4.99. The Balaban J connectivity index is 2.07. The molecule has 0 radical (unpaired) electrons. The van der Waals surface area contributed by atoms with E-state index in [1.165, 1.54) is 0 Å². The van der Waals surface area contributed by atoms with Gasteiger partial charge < -0.3 is 10.1 Å². The predicted octanol–water partition coefficient (Wildman–Crippen LogP) is 4.00. The largest absolute Gasteiger partial charge is 0.497 e. The first-order chi connectivity index (χ1) is 10.2. The minimum absolute atomic E-state index is 0.764. The van der Waals surface area contributed by atoms with Crippen LogP contribution in [0.5, 0.6) is 5.75 Å². The van der Waals surface area contributed by atoms with Gasteiger partial charge in [-0.2, -0.15) is 0 Å². The molecular weight excluding hydrogens is 262 g/mol. The lowest BCUT2D eigenvalue weighted by Gasteiger charge is -2.11. The lowest BCUT2D eigenvalue weighted by atomic mass is 10.2. The first-order valence-corrected chi connectivity index (χ1v) is 6.82. The van der Waals surface area contributed by atoms with Crippen molar-refractivity contribution in [2.75, 3.05) is 12.4 Å². The van der Waals surface area contributed by atoms with E-state index in [4.69, 9.17) is 4.74 Å². The van der Waals surface area contributed by atoms with E-state index < -0.39 is 0 Å². The van der Waals surface area contributed by atoms with E-state index in [-0.39, 0.29) is 0 Å². The van der Waals surface area contributed by atoms with Gasteiger partial charge in [0.2, 0.25) is 0 Å². The SMILES string of the molecule is COc1cccc(Nc2cc(C)nc3nc(C)ccc23)c1. The van der Waals surface area contributed by atoms with Crippen LogP contribution in [0.2, 0.25) is 0 Å². The van der Waals surface area contributed by atoms with Crippen LogP contribution in [-0.2, 0) is 0 Å². The fourth-order valence-corrected chi connectivity index (χ4v) is 2.28. The van der Waals surface area contributed by atoms with Crippen molar-refractivity contribution in [1.82, 2.24) is 9.97 Å². The fraction of sp³-hybridized carbons (Fsp3) is 0.176. The number of methoxy groups -OCH3 is 1. The zero-order chi connectivity index (χ0) is 14.8. The second kappa shape index (κ2) is 5.40. The number of hydrogen-bond acceptors (Lipinski definition) is 4. The molecule has 4 nitrogen and oxygen atoms in total. The normalized spacial score (nSPS) is 10.6. The summed E-state index contributed by atoms with van der Waals surface area (Å²) in [5.74, 6) is 0.823. The molecular formula is C17H17N3O. The molecule has 0 amide bonds. The Kier molecular flexibility index (Phi) is 3.44. The molecule has 0 fully saturated rings. The van der Waals surface area contributed by atoms with Crippen molar-refractivity contribution in [3.05, 3.63) is 53.9 Å². The van der Waals surface area contributed by atoms with Gasteiger partial charge in [-0.25, -0.2) is 9.97 Å². The summed E-state index contributed by atoms with van der Waals surface area (Å²) in [5.41, 5.74) is 4.64. The third kappa shape index (κ3) is 2.79. The molecule has 0 aliphatic carbocycles. The van der Waals surface area contributed by atoms with Gasteiger partial charge in [-0.15, -0.1) is 0 Å². The number of pyridine rings is 2. The highest BCUT2D eigenvalue weighted by Crippen LogP contribution is 2.27. The number of hydrogen-bond donors (Lipinski definition) is 1. The Hall–Kier alpha value is -2.62. The molecule has 0 aliphatic rings. The molecule has 0 saturated carbocycles. The quantitative estimate of drug-likeness (QED) is 0.787. The van der Waals surface area contributed by atoms with Gasteiger partial charge in [-0.3, -0.25) is 0 Å². The smallest absolute Gasteiger partial charge is 0.161 e. The van der Waals surface area contributed by atoms with Gasteiger partial charge >= 0.3 is 0 Å². The topological polar surface area (TPSA) is 47.0 Å². The number of anilines is 2. The van der Waals surface area contributed by atoms with Crippen LogP contribution in [0.4, 0.5) is 11.4 Å². The van der Waals surface area contributed by atoms with E-state index >= 15 is 0 Å². The minimum atomic E-state index is 0.764. The Labute approximate surface area is 123 Å². The number of nitrogens with one attached hydrogen (secondary N) is 1. The fourth-order valence-electron chi connectivity index (χ4n) is 2.28. The predicted molar refractivity (Wildman–Crippen MR) is 85.3 cm³/mol. The molecule has 3 rings (SSSR count). The Morgan fingerprint density at radius 2 is 1.76 bits per heavy atom. The third-order valence-corrected chi connectivity index (χ3v) is 3.29. The van der Waals surface area contributed by atoms with Gasteiger partial charge in [0, 0.05) is 28.5 Å². The van der Waals surface area contributed by atoms with Crippen LogP contribution < -0.4 is 10.1 Å². The molecule has 2 aromatic heterocycles.